The van der Waals surface area contributed by atoms with Gasteiger partial charge < -0.3 is 0 Å². The van der Waals surface area contributed by atoms with Gasteiger partial charge in [0.05, 0.1) is 5.03 Å². The van der Waals surface area contributed by atoms with E-state index in [0.29, 0.717) is 10.6 Å². The zero-order chi connectivity index (χ0) is 6.85. The highest BCUT2D eigenvalue weighted by Gasteiger charge is 2.08. The van der Waals surface area contributed by atoms with Crippen LogP contribution in [-0.4, -0.2) is 5.78 Å². The molecule has 0 N–H and O–H groups in total. The highest BCUT2D eigenvalue weighted by atomic mass is 35.5. The third-order valence-corrected chi connectivity index (χ3v) is 1.43. The van der Waals surface area contributed by atoms with Gasteiger partial charge in [-0.25, -0.2) is 0 Å². The third kappa shape index (κ3) is 1.11. The Bertz CT molecular complexity index is 223. The molecule has 0 amide bonds. The topological polar surface area (TPSA) is 17.1 Å². The maximum atomic E-state index is 10.7. The molecule has 46 valence electrons. The maximum absolute atomic E-state index is 10.7. The molecular weight excluding hydrogens is 136 g/mol. The van der Waals surface area contributed by atoms with Crippen LogP contribution in [0, 0.1) is 0 Å². The van der Waals surface area contributed by atoms with Crippen LogP contribution in [0.5, 0.6) is 0 Å². The lowest BCUT2D eigenvalue weighted by Crippen LogP contribution is -1.99. The number of hydrogen-bond donors (Lipinski definition) is 0. The number of carbonyl (C=O) groups is 1. The van der Waals surface area contributed by atoms with Gasteiger partial charge in [-0.2, -0.15) is 0 Å². The average molecular weight is 141 g/mol. The molecule has 1 aliphatic carbocycles. The van der Waals surface area contributed by atoms with Crippen molar-refractivity contribution in [1.29, 1.82) is 0 Å². The van der Waals surface area contributed by atoms with Crippen LogP contribution in [-0.2, 0) is 4.79 Å². The van der Waals surface area contributed by atoms with Crippen molar-refractivity contribution in [2.24, 2.45) is 0 Å². The summed E-state index contributed by atoms with van der Waals surface area (Å²) in [5.41, 5.74) is 0.374. The normalized spacial score (nSPS) is 18.1. The van der Waals surface area contributed by atoms with Crippen molar-refractivity contribution in [1.82, 2.24) is 0 Å². The van der Waals surface area contributed by atoms with Gasteiger partial charge in [-0.15, -0.1) is 0 Å². The van der Waals surface area contributed by atoms with Gasteiger partial charge in [-0.1, -0.05) is 24.3 Å². The Kier molecular flexibility index (Phi) is 1.54. The van der Waals surface area contributed by atoms with E-state index in [1.807, 2.05) is 0 Å². The smallest absolute Gasteiger partial charge is 0.186 e. The number of halogens is 1. The first kappa shape index (κ1) is 6.30. The quantitative estimate of drug-likeness (QED) is 0.469. The lowest BCUT2D eigenvalue weighted by molar-refractivity contribution is -0.111. The van der Waals surface area contributed by atoms with Gasteiger partial charge in [0.25, 0.3) is 0 Å². The van der Waals surface area contributed by atoms with Crippen LogP contribution in [0.4, 0.5) is 0 Å². The van der Waals surface area contributed by atoms with Crippen LogP contribution >= 0.6 is 11.6 Å². The SMILES string of the molecule is C=C1C(=O)C=CC=C1Cl. The van der Waals surface area contributed by atoms with E-state index >= 15 is 0 Å². The standard InChI is InChI=1S/C7H5ClO/c1-5-6(8)3-2-4-7(5)9/h2-4H,1H2. The molecule has 1 aliphatic rings. The Labute approximate surface area is 58.3 Å². The van der Waals surface area contributed by atoms with Crippen molar-refractivity contribution in [3.63, 3.8) is 0 Å². The molecule has 0 aromatic rings. The molecule has 0 atom stereocenters. The molecule has 0 aromatic carbocycles. The molecular formula is C7H5ClO. The van der Waals surface area contributed by atoms with Gasteiger partial charge in [0.15, 0.2) is 5.78 Å². The second-order valence-corrected chi connectivity index (χ2v) is 2.12. The highest BCUT2D eigenvalue weighted by Crippen LogP contribution is 2.17. The van der Waals surface area contributed by atoms with E-state index in [2.05, 4.69) is 6.58 Å². The van der Waals surface area contributed by atoms with Gasteiger partial charge in [-0.3, -0.25) is 4.79 Å². The minimum atomic E-state index is -0.109. The van der Waals surface area contributed by atoms with Gasteiger partial charge in [-0.05, 0) is 12.2 Å². The minimum absolute atomic E-state index is 0.109. The summed E-state index contributed by atoms with van der Waals surface area (Å²) in [6.45, 7) is 3.48. The maximum Gasteiger partial charge on any atom is 0.186 e. The predicted molar refractivity (Wildman–Crippen MR) is 37.2 cm³/mol. The molecule has 0 unspecified atom stereocenters. The summed E-state index contributed by atoms with van der Waals surface area (Å²) in [6.07, 6.45) is 4.69. The number of hydrogen-bond acceptors (Lipinski definition) is 1. The van der Waals surface area contributed by atoms with Crippen LogP contribution in [0.3, 0.4) is 0 Å². The predicted octanol–water partition coefficient (Wildman–Crippen LogP) is 1.80. The number of allylic oxidation sites excluding steroid dienone is 5. The molecule has 1 rings (SSSR count). The van der Waals surface area contributed by atoms with Gasteiger partial charge >= 0.3 is 0 Å². The molecule has 0 aromatic heterocycles. The van der Waals surface area contributed by atoms with Crippen LogP contribution < -0.4 is 0 Å². The molecule has 0 saturated heterocycles. The van der Waals surface area contributed by atoms with Crippen molar-refractivity contribution < 1.29 is 4.79 Å². The van der Waals surface area contributed by atoms with Gasteiger partial charge in [0.1, 0.15) is 0 Å². The molecule has 1 nitrogen and oxygen atoms in total. The largest absolute Gasteiger partial charge is 0.289 e. The number of carbonyl (C=O) groups excluding carboxylic acids is 1. The minimum Gasteiger partial charge on any atom is -0.289 e. The first-order chi connectivity index (χ1) is 4.22. The molecule has 0 fully saturated rings. The van der Waals surface area contributed by atoms with Crippen LogP contribution in [0.1, 0.15) is 0 Å². The van der Waals surface area contributed by atoms with E-state index in [1.54, 1.807) is 12.2 Å². The second-order valence-electron chi connectivity index (χ2n) is 1.72. The van der Waals surface area contributed by atoms with E-state index < -0.39 is 0 Å². The Morgan fingerprint density at radius 1 is 1.56 bits per heavy atom. The summed E-state index contributed by atoms with van der Waals surface area (Å²) in [7, 11) is 0. The lowest BCUT2D eigenvalue weighted by atomic mass is 10.1. The lowest BCUT2D eigenvalue weighted by Gasteiger charge is -2.01. The van der Waals surface area contributed by atoms with Gasteiger partial charge in [0.2, 0.25) is 0 Å². The van der Waals surface area contributed by atoms with E-state index in [9.17, 15) is 4.79 Å². The van der Waals surface area contributed by atoms with Crippen LogP contribution in [0.15, 0.2) is 35.4 Å². The fourth-order valence-corrected chi connectivity index (χ4v) is 0.705. The van der Waals surface area contributed by atoms with Gasteiger partial charge in [0, 0.05) is 5.57 Å². The van der Waals surface area contributed by atoms with Crippen molar-refractivity contribution in [3.8, 4) is 0 Å². The molecule has 0 bridgehead atoms. The molecule has 0 radical (unpaired) electrons. The highest BCUT2D eigenvalue weighted by molar-refractivity contribution is 6.36. The second kappa shape index (κ2) is 2.19. The van der Waals surface area contributed by atoms with Crippen molar-refractivity contribution in [2.75, 3.05) is 0 Å². The van der Waals surface area contributed by atoms with E-state index in [4.69, 9.17) is 11.6 Å². The van der Waals surface area contributed by atoms with E-state index in [0.717, 1.165) is 0 Å². The third-order valence-electron chi connectivity index (χ3n) is 1.08. The average Bonchev–Trinajstić information content (AvgIpc) is 1.83. The molecule has 2 heteroatoms. The fourth-order valence-electron chi connectivity index (χ4n) is 0.539. The summed E-state index contributed by atoms with van der Waals surface area (Å²) < 4.78 is 0. The Hall–Kier alpha value is -0.820. The molecule has 0 saturated carbocycles. The zero-order valence-electron chi connectivity index (χ0n) is 4.73. The Morgan fingerprint density at radius 2 is 2.22 bits per heavy atom. The summed E-state index contributed by atoms with van der Waals surface area (Å²) in [5.74, 6) is -0.109. The Balaban J connectivity index is 3.00. The summed E-state index contributed by atoms with van der Waals surface area (Å²) >= 11 is 5.55. The molecule has 0 aliphatic heterocycles. The van der Waals surface area contributed by atoms with E-state index in [1.165, 1.54) is 6.08 Å². The summed E-state index contributed by atoms with van der Waals surface area (Å²) in [6, 6.07) is 0. The van der Waals surface area contributed by atoms with Crippen molar-refractivity contribution in [3.05, 3.63) is 35.4 Å². The fraction of sp³-hybridized carbons (Fsp3) is 0. The number of ketones is 1. The Morgan fingerprint density at radius 3 is 2.67 bits per heavy atom. The molecule has 0 spiro atoms. The number of rotatable bonds is 0. The van der Waals surface area contributed by atoms with Crippen molar-refractivity contribution in [2.45, 2.75) is 0 Å². The van der Waals surface area contributed by atoms with Crippen molar-refractivity contribution >= 4 is 17.4 Å². The summed E-state index contributed by atoms with van der Waals surface area (Å²) in [5, 5.41) is 0.433. The van der Waals surface area contributed by atoms with Crippen LogP contribution in [0.2, 0.25) is 0 Å². The molecule has 0 heterocycles. The summed E-state index contributed by atoms with van der Waals surface area (Å²) in [4.78, 5) is 10.7. The first-order valence-corrected chi connectivity index (χ1v) is 2.87. The molecule has 9 heavy (non-hydrogen) atoms. The van der Waals surface area contributed by atoms with Crippen LogP contribution in [0.25, 0.3) is 0 Å². The monoisotopic (exact) mass is 140 g/mol. The van der Waals surface area contributed by atoms with E-state index in [-0.39, 0.29) is 5.78 Å². The first-order valence-electron chi connectivity index (χ1n) is 2.49. The zero-order valence-corrected chi connectivity index (χ0v) is 5.48.